The fourth-order valence-electron chi connectivity index (χ4n) is 2.83. The van der Waals surface area contributed by atoms with Gasteiger partial charge in [-0.1, -0.05) is 6.92 Å². The van der Waals surface area contributed by atoms with Crippen molar-refractivity contribution in [1.29, 1.82) is 0 Å². The first-order chi connectivity index (χ1) is 6.75. The molecule has 2 saturated heterocycles. The van der Waals surface area contributed by atoms with Crippen LogP contribution in [-0.4, -0.2) is 36.6 Å². The van der Waals surface area contributed by atoms with Gasteiger partial charge in [-0.3, -0.25) is 4.90 Å². The first kappa shape index (κ1) is 10.4. The van der Waals surface area contributed by atoms with Crippen LogP contribution in [0.1, 0.15) is 39.5 Å². The van der Waals surface area contributed by atoms with Crippen LogP contribution in [0.5, 0.6) is 0 Å². The van der Waals surface area contributed by atoms with Gasteiger partial charge in [0.25, 0.3) is 0 Å². The van der Waals surface area contributed by atoms with Gasteiger partial charge in [-0.2, -0.15) is 0 Å². The van der Waals surface area contributed by atoms with Crippen LogP contribution in [0.3, 0.4) is 0 Å². The van der Waals surface area contributed by atoms with E-state index in [2.05, 4.69) is 24.1 Å². The molecule has 0 radical (unpaired) electrons. The van der Waals surface area contributed by atoms with Crippen molar-refractivity contribution in [3.8, 4) is 0 Å². The number of rotatable bonds is 2. The van der Waals surface area contributed by atoms with E-state index in [0.29, 0.717) is 0 Å². The summed E-state index contributed by atoms with van der Waals surface area (Å²) in [6.07, 6.45) is 5.59. The highest BCUT2D eigenvalue weighted by atomic mass is 15.2. The van der Waals surface area contributed by atoms with E-state index in [1.165, 1.54) is 45.3 Å². The molecule has 0 aromatic rings. The third-order valence-corrected chi connectivity index (χ3v) is 3.86. The highest BCUT2D eigenvalue weighted by Gasteiger charge is 2.26. The minimum atomic E-state index is 0.780. The number of likely N-dealkylation sites (tertiary alicyclic amines) is 1. The number of hydrogen-bond donors (Lipinski definition) is 1. The lowest BCUT2D eigenvalue weighted by Gasteiger charge is -2.38. The largest absolute Gasteiger partial charge is 0.313 e. The molecular weight excluding hydrogens is 172 g/mol. The molecule has 0 aliphatic carbocycles. The minimum absolute atomic E-state index is 0.780. The van der Waals surface area contributed by atoms with Gasteiger partial charge in [-0.05, 0) is 45.1 Å². The summed E-state index contributed by atoms with van der Waals surface area (Å²) in [7, 11) is 0. The molecule has 0 amide bonds. The normalized spacial score (nSPS) is 40.3. The molecule has 0 spiro atoms. The molecule has 2 unspecified atom stereocenters. The molecular formula is C12H24N2. The molecule has 3 atom stereocenters. The van der Waals surface area contributed by atoms with E-state index in [9.17, 15) is 0 Å². The summed E-state index contributed by atoms with van der Waals surface area (Å²) < 4.78 is 0. The lowest BCUT2D eigenvalue weighted by atomic mass is 9.94. The maximum absolute atomic E-state index is 3.60. The minimum Gasteiger partial charge on any atom is -0.313 e. The summed E-state index contributed by atoms with van der Waals surface area (Å²) in [4.78, 5) is 2.69. The Balaban J connectivity index is 1.82. The zero-order chi connectivity index (χ0) is 9.97. The molecule has 0 aromatic heterocycles. The summed E-state index contributed by atoms with van der Waals surface area (Å²) in [6.45, 7) is 8.62. The number of nitrogens with zero attached hydrogens (tertiary/aromatic N) is 1. The second kappa shape index (κ2) is 4.63. The Morgan fingerprint density at radius 2 is 2.07 bits per heavy atom. The maximum Gasteiger partial charge on any atom is 0.0195 e. The van der Waals surface area contributed by atoms with Crippen LogP contribution in [0.15, 0.2) is 0 Å². The number of hydrogen-bond acceptors (Lipinski definition) is 2. The summed E-state index contributed by atoms with van der Waals surface area (Å²) in [5.74, 6) is 0.910. The van der Waals surface area contributed by atoms with Crippen LogP contribution < -0.4 is 5.32 Å². The topological polar surface area (TPSA) is 15.3 Å². The van der Waals surface area contributed by atoms with Crippen LogP contribution in [0.25, 0.3) is 0 Å². The third kappa shape index (κ3) is 2.48. The molecule has 2 aliphatic heterocycles. The second-order valence-corrected chi connectivity index (χ2v) is 5.28. The first-order valence-corrected chi connectivity index (χ1v) is 6.23. The molecule has 2 fully saturated rings. The summed E-state index contributed by atoms with van der Waals surface area (Å²) in [5, 5.41) is 3.60. The van der Waals surface area contributed by atoms with E-state index >= 15 is 0 Å². The van der Waals surface area contributed by atoms with Gasteiger partial charge in [0.05, 0.1) is 0 Å². The zero-order valence-electron chi connectivity index (χ0n) is 9.63. The zero-order valence-corrected chi connectivity index (χ0v) is 9.63. The van der Waals surface area contributed by atoms with Crippen LogP contribution in [-0.2, 0) is 0 Å². The molecule has 2 aliphatic rings. The van der Waals surface area contributed by atoms with Crippen molar-refractivity contribution < 1.29 is 0 Å². The predicted octanol–water partition coefficient (Wildman–Crippen LogP) is 1.86. The van der Waals surface area contributed by atoms with Gasteiger partial charge in [0.2, 0.25) is 0 Å². The molecule has 2 heteroatoms. The Labute approximate surface area is 88.1 Å². The van der Waals surface area contributed by atoms with Gasteiger partial charge in [-0.25, -0.2) is 0 Å². The average molecular weight is 196 g/mol. The Morgan fingerprint density at radius 3 is 2.79 bits per heavy atom. The monoisotopic (exact) mass is 196 g/mol. The summed E-state index contributed by atoms with van der Waals surface area (Å²) in [6, 6.07) is 1.59. The molecule has 1 N–H and O–H groups in total. The van der Waals surface area contributed by atoms with Gasteiger partial charge in [0.15, 0.2) is 0 Å². The Morgan fingerprint density at radius 1 is 1.21 bits per heavy atom. The standard InChI is InChI=1S/C12H24N2/c1-10-5-6-11(2)14(8-10)9-12-4-3-7-13-12/h10-13H,3-9H2,1-2H3/t10?,11?,12-/m0/s1. The highest BCUT2D eigenvalue weighted by Crippen LogP contribution is 2.22. The smallest absolute Gasteiger partial charge is 0.0195 e. The van der Waals surface area contributed by atoms with Crippen molar-refractivity contribution in [3.63, 3.8) is 0 Å². The van der Waals surface area contributed by atoms with Crippen molar-refractivity contribution in [2.75, 3.05) is 19.6 Å². The van der Waals surface area contributed by atoms with Gasteiger partial charge < -0.3 is 5.32 Å². The molecule has 82 valence electrons. The van der Waals surface area contributed by atoms with Crippen molar-refractivity contribution in [3.05, 3.63) is 0 Å². The quantitative estimate of drug-likeness (QED) is 0.725. The molecule has 2 rings (SSSR count). The van der Waals surface area contributed by atoms with Crippen LogP contribution in [0.2, 0.25) is 0 Å². The molecule has 0 saturated carbocycles. The average Bonchev–Trinajstić information content (AvgIpc) is 2.64. The fourth-order valence-corrected chi connectivity index (χ4v) is 2.83. The van der Waals surface area contributed by atoms with E-state index in [0.717, 1.165) is 18.0 Å². The van der Waals surface area contributed by atoms with Crippen LogP contribution in [0, 0.1) is 5.92 Å². The SMILES string of the molecule is CC1CCC(C)N(C[C@@H]2CCCN2)C1. The summed E-state index contributed by atoms with van der Waals surface area (Å²) in [5.41, 5.74) is 0. The summed E-state index contributed by atoms with van der Waals surface area (Å²) >= 11 is 0. The molecule has 14 heavy (non-hydrogen) atoms. The molecule has 2 nitrogen and oxygen atoms in total. The van der Waals surface area contributed by atoms with Crippen LogP contribution in [0.4, 0.5) is 0 Å². The third-order valence-electron chi connectivity index (χ3n) is 3.86. The lowest BCUT2D eigenvalue weighted by molar-refractivity contribution is 0.115. The molecule has 0 aromatic carbocycles. The van der Waals surface area contributed by atoms with Gasteiger partial charge in [-0.15, -0.1) is 0 Å². The molecule has 2 heterocycles. The van der Waals surface area contributed by atoms with E-state index in [4.69, 9.17) is 0 Å². The van der Waals surface area contributed by atoms with Crippen molar-refractivity contribution >= 4 is 0 Å². The maximum atomic E-state index is 3.60. The van der Waals surface area contributed by atoms with Gasteiger partial charge in [0.1, 0.15) is 0 Å². The molecule has 0 bridgehead atoms. The lowest BCUT2D eigenvalue weighted by Crippen LogP contribution is -2.46. The Kier molecular flexibility index (Phi) is 3.45. The van der Waals surface area contributed by atoms with E-state index in [1.807, 2.05) is 0 Å². The van der Waals surface area contributed by atoms with Gasteiger partial charge >= 0.3 is 0 Å². The number of nitrogens with one attached hydrogen (secondary N) is 1. The first-order valence-electron chi connectivity index (χ1n) is 6.23. The van der Waals surface area contributed by atoms with Crippen molar-refractivity contribution in [2.45, 2.75) is 51.6 Å². The predicted molar refractivity (Wildman–Crippen MR) is 60.5 cm³/mol. The fraction of sp³-hybridized carbons (Fsp3) is 1.00. The van der Waals surface area contributed by atoms with E-state index < -0.39 is 0 Å². The Hall–Kier alpha value is -0.0800. The number of piperidine rings is 1. The Bertz CT molecular complexity index is 175. The van der Waals surface area contributed by atoms with Crippen LogP contribution >= 0.6 is 0 Å². The van der Waals surface area contributed by atoms with Crippen molar-refractivity contribution in [2.24, 2.45) is 5.92 Å². The van der Waals surface area contributed by atoms with E-state index in [1.54, 1.807) is 0 Å². The second-order valence-electron chi connectivity index (χ2n) is 5.28. The van der Waals surface area contributed by atoms with Crippen molar-refractivity contribution in [1.82, 2.24) is 10.2 Å². The van der Waals surface area contributed by atoms with Gasteiger partial charge in [0, 0.05) is 25.2 Å². The van der Waals surface area contributed by atoms with E-state index in [-0.39, 0.29) is 0 Å². The highest BCUT2D eigenvalue weighted by molar-refractivity contribution is 4.83.